The van der Waals surface area contributed by atoms with Gasteiger partial charge in [0.1, 0.15) is 6.61 Å². The minimum Gasteiger partial charge on any atom is -0.480 e. The normalized spacial score (nSPS) is 28.3. The molecule has 0 bridgehead atoms. The molecule has 0 radical (unpaired) electrons. The van der Waals surface area contributed by atoms with E-state index in [9.17, 15) is 4.79 Å². The van der Waals surface area contributed by atoms with E-state index in [2.05, 4.69) is 10.3 Å². The van der Waals surface area contributed by atoms with Crippen molar-refractivity contribution >= 4 is 11.9 Å². The molecule has 0 aliphatic carbocycles. The summed E-state index contributed by atoms with van der Waals surface area (Å²) >= 11 is 0. The molecule has 2 aliphatic rings. The van der Waals surface area contributed by atoms with E-state index in [0.29, 0.717) is 11.8 Å². The van der Waals surface area contributed by atoms with Gasteiger partial charge in [-0.1, -0.05) is 0 Å². The first-order valence-corrected chi connectivity index (χ1v) is 4.91. The number of carboxylic acid groups (broad SMARTS) is 1. The van der Waals surface area contributed by atoms with Crippen LogP contribution in [0.5, 0.6) is 0 Å². The topological polar surface area (TPSA) is 70.9 Å². The number of hydrogen-bond donors (Lipinski definition) is 2. The Morgan fingerprint density at radius 1 is 1.50 bits per heavy atom. The lowest BCUT2D eigenvalue weighted by molar-refractivity contribution is -0.138. The van der Waals surface area contributed by atoms with Crippen LogP contribution in [0.3, 0.4) is 0 Å². The molecule has 5 heteroatoms. The average Bonchev–Trinajstić information content (AvgIpc) is 2.68. The van der Waals surface area contributed by atoms with Crippen LogP contribution in [0.1, 0.15) is 12.8 Å². The lowest BCUT2D eigenvalue weighted by Crippen LogP contribution is -2.31. The van der Waals surface area contributed by atoms with Crippen molar-refractivity contribution in [3.63, 3.8) is 0 Å². The van der Waals surface area contributed by atoms with Crippen molar-refractivity contribution in [2.24, 2.45) is 10.9 Å². The molecule has 0 spiro atoms. The molecule has 2 N–H and O–H groups in total. The van der Waals surface area contributed by atoms with E-state index in [4.69, 9.17) is 9.84 Å². The Morgan fingerprint density at radius 2 is 2.21 bits per heavy atom. The number of piperidine rings is 1. The van der Waals surface area contributed by atoms with Crippen LogP contribution < -0.4 is 5.32 Å². The van der Waals surface area contributed by atoms with Crippen LogP contribution in [0.15, 0.2) is 4.99 Å². The van der Waals surface area contributed by atoms with Gasteiger partial charge in [0.15, 0.2) is 11.9 Å². The first-order chi connectivity index (χ1) is 6.77. The first-order valence-electron chi connectivity index (χ1n) is 4.91. The second-order valence-corrected chi connectivity index (χ2v) is 3.66. The van der Waals surface area contributed by atoms with Crippen molar-refractivity contribution in [1.29, 1.82) is 0 Å². The molecule has 5 nitrogen and oxygen atoms in total. The predicted molar refractivity (Wildman–Crippen MR) is 50.4 cm³/mol. The van der Waals surface area contributed by atoms with Gasteiger partial charge >= 0.3 is 5.97 Å². The van der Waals surface area contributed by atoms with Crippen molar-refractivity contribution in [1.82, 2.24) is 5.32 Å². The van der Waals surface area contributed by atoms with Gasteiger partial charge in [0.2, 0.25) is 0 Å². The highest BCUT2D eigenvalue weighted by atomic mass is 16.5. The van der Waals surface area contributed by atoms with E-state index < -0.39 is 12.0 Å². The molecule has 0 aromatic rings. The summed E-state index contributed by atoms with van der Waals surface area (Å²) in [7, 11) is 0. The van der Waals surface area contributed by atoms with E-state index in [1.54, 1.807) is 0 Å². The lowest BCUT2D eigenvalue weighted by Gasteiger charge is -2.21. The molecule has 0 saturated carbocycles. The summed E-state index contributed by atoms with van der Waals surface area (Å²) in [6, 6.07) is -0.681. The molecular weight excluding hydrogens is 184 g/mol. The minimum atomic E-state index is -0.895. The van der Waals surface area contributed by atoms with Gasteiger partial charge < -0.3 is 15.2 Å². The number of nitrogens with one attached hydrogen (secondary N) is 1. The molecule has 14 heavy (non-hydrogen) atoms. The van der Waals surface area contributed by atoms with Crippen LogP contribution in [-0.2, 0) is 9.53 Å². The summed E-state index contributed by atoms with van der Waals surface area (Å²) in [6.45, 7) is 2.13. The van der Waals surface area contributed by atoms with Gasteiger partial charge in [-0.2, -0.15) is 0 Å². The Bertz CT molecular complexity index is 259. The van der Waals surface area contributed by atoms with Crippen LogP contribution in [0.2, 0.25) is 0 Å². The fraction of sp³-hybridized carbons (Fsp3) is 0.778. The van der Waals surface area contributed by atoms with Crippen LogP contribution in [0.25, 0.3) is 0 Å². The van der Waals surface area contributed by atoms with Crippen molar-refractivity contribution in [3.8, 4) is 0 Å². The summed E-state index contributed by atoms with van der Waals surface area (Å²) in [4.78, 5) is 14.7. The molecule has 2 rings (SSSR count). The van der Waals surface area contributed by atoms with Crippen molar-refractivity contribution in [3.05, 3.63) is 0 Å². The molecule has 1 atom stereocenters. The maximum absolute atomic E-state index is 10.6. The van der Waals surface area contributed by atoms with Crippen LogP contribution in [-0.4, -0.2) is 42.7 Å². The van der Waals surface area contributed by atoms with Crippen molar-refractivity contribution < 1.29 is 14.6 Å². The maximum Gasteiger partial charge on any atom is 0.332 e. The van der Waals surface area contributed by atoms with E-state index in [1.165, 1.54) is 0 Å². The summed E-state index contributed by atoms with van der Waals surface area (Å²) in [5.41, 5.74) is 0. The highest BCUT2D eigenvalue weighted by Gasteiger charge is 2.30. The number of carbonyl (C=O) groups is 1. The van der Waals surface area contributed by atoms with E-state index in [-0.39, 0.29) is 6.61 Å². The first kappa shape index (κ1) is 9.45. The van der Waals surface area contributed by atoms with E-state index in [1.807, 2.05) is 0 Å². The van der Waals surface area contributed by atoms with Crippen LogP contribution in [0, 0.1) is 5.92 Å². The zero-order chi connectivity index (χ0) is 9.97. The van der Waals surface area contributed by atoms with Gasteiger partial charge in [-0.3, -0.25) is 0 Å². The van der Waals surface area contributed by atoms with Gasteiger partial charge in [0.25, 0.3) is 0 Å². The van der Waals surface area contributed by atoms with Crippen molar-refractivity contribution in [2.45, 2.75) is 18.9 Å². The number of aliphatic imine (C=N–C) groups is 1. The summed E-state index contributed by atoms with van der Waals surface area (Å²) in [5, 5.41) is 12.0. The molecule has 0 aromatic heterocycles. The third-order valence-electron chi connectivity index (χ3n) is 2.65. The zero-order valence-corrected chi connectivity index (χ0v) is 7.90. The summed E-state index contributed by atoms with van der Waals surface area (Å²) < 4.78 is 5.31. The van der Waals surface area contributed by atoms with Gasteiger partial charge in [-0.25, -0.2) is 9.79 Å². The fourth-order valence-electron chi connectivity index (χ4n) is 1.81. The molecule has 0 amide bonds. The number of ether oxygens (including phenoxy) is 1. The van der Waals surface area contributed by atoms with E-state index in [0.717, 1.165) is 25.9 Å². The van der Waals surface area contributed by atoms with Gasteiger partial charge in [-0.05, 0) is 25.9 Å². The highest BCUT2D eigenvalue weighted by Crippen LogP contribution is 2.19. The van der Waals surface area contributed by atoms with Crippen LogP contribution in [0.4, 0.5) is 0 Å². The molecule has 2 heterocycles. The maximum atomic E-state index is 10.6. The summed E-state index contributed by atoms with van der Waals surface area (Å²) in [5.74, 6) is 0.0773. The highest BCUT2D eigenvalue weighted by molar-refractivity contribution is 5.86. The number of carboxylic acids is 1. The molecule has 0 aromatic carbocycles. The number of hydrogen-bond acceptors (Lipinski definition) is 4. The second kappa shape index (κ2) is 3.96. The minimum absolute atomic E-state index is 0.203. The quantitative estimate of drug-likeness (QED) is 0.648. The Morgan fingerprint density at radius 3 is 2.79 bits per heavy atom. The standard InChI is InChI=1S/C9H14N2O3/c12-9(13)7-5-14-8(11-7)6-1-3-10-4-2-6/h6-7,10H,1-5H2,(H,12,13). The molecular formula is C9H14N2O3. The molecule has 1 saturated heterocycles. The second-order valence-electron chi connectivity index (χ2n) is 3.66. The lowest BCUT2D eigenvalue weighted by atomic mass is 9.98. The zero-order valence-electron chi connectivity index (χ0n) is 7.90. The Balaban J connectivity index is 1.97. The molecule has 1 fully saturated rings. The third kappa shape index (κ3) is 1.87. The Kier molecular flexibility index (Phi) is 2.67. The largest absolute Gasteiger partial charge is 0.480 e. The van der Waals surface area contributed by atoms with Gasteiger partial charge in [0.05, 0.1) is 0 Å². The van der Waals surface area contributed by atoms with Crippen molar-refractivity contribution in [2.75, 3.05) is 19.7 Å². The number of aliphatic carboxylic acids is 1. The average molecular weight is 198 g/mol. The van der Waals surface area contributed by atoms with Gasteiger partial charge in [0, 0.05) is 5.92 Å². The fourth-order valence-corrected chi connectivity index (χ4v) is 1.81. The summed E-state index contributed by atoms with van der Waals surface area (Å²) in [6.07, 6.45) is 1.98. The van der Waals surface area contributed by atoms with E-state index >= 15 is 0 Å². The number of nitrogens with zero attached hydrogens (tertiary/aromatic N) is 1. The molecule has 2 aliphatic heterocycles. The molecule has 78 valence electrons. The monoisotopic (exact) mass is 198 g/mol. The predicted octanol–water partition coefficient (Wildman–Crippen LogP) is -0.132. The smallest absolute Gasteiger partial charge is 0.332 e. The van der Waals surface area contributed by atoms with Crippen LogP contribution >= 0.6 is 0 Å². The molecule has 1 unspecified atom stereocenters. The number of rotatable bonds is 2. The third-order valence-corrected chi connectivity index (χ3v) is 2.65. The Labute approximate surface area is 82.2 Å². The SMILES string of the molecule is O=C(O)C1COC(C2CCNCC2)=N1. The Hall–Kier alpha value is -1.10. The van der Waals surface area contributed by atoms with Gasteiger partial charge in [-0.15, -0.1) is 0 Å².